The molecule has 6 heteroatoms. The third-order valence-corrected chi connectivity index (χ3v) is 2.57. The SMILES string of the molecule is CC(=O)NCCC(=O)N[C@@H](C#Cc1cnc[nH]1)C(C)C. The van der Waals surface area contributed by atoms with Crippen LogP contribution in [-0.4, -0.2) is 34.4 Å². The van der Waals surface area contributed by atoms with Gasteiger partial charge in [-0.25, -0.2) is 4.98 Å². The number of imidazole rings is 1. The Morgan fingerprint density at radius 2 is 2.20 bits per heavy atom. The van der Waals surface area contributed by atoms with E-state index in [1.165, 1.54) is 6.92 Å². The molecule has 2 amide bonds. The van der Waals surface area contributed by atoms with Gasteiger partial charge in [0, 0.05) is 19.9 Å². The molecule has 0 aromatic carbocycles. The average Bonchev–Trinajstić information content (AvgIpc) is 2.86. The van der Waals surface area contributed by atoms with E-state index in [1.807, 2.05) is 13.8 Å². The second kappa shape index (κ2) is 8.00. The minimum Gasteiger partial charge on any atom is -0.356 e. The monoisotopic (exact) mass is 276 g/mol. The number of aromatic amines is 1. The van der Waals surface area contributed by atoms with Gasteiger partial charge < -0.3 is 15.6 Å². The maximum Gasteiger partial charge on any atom is 0.222 e. The van der Waals surface area contributed by atoms with Crippen LogP contribution < -0.4 is 10.6 Å². The lowest BCUT2D eigenvalue weighted by atomic mass is 10.0. The van der Waals surface area contributed by atoms with Crippen LogP contribution in [0, 0.1) is 17.8 Å². The maximum absolute atomic E-state index is 11.8. The summed E-state index contributed by atoms with van der Waals surface area (Å²) in [6, 6.07) is -0.233. The molecule has 108 valence electrons. The van der Waals surface area contributed by atoms with E-state index in [1.54, 1.807) is 12.5 Å². The topological polar surface area (TPSA) is 86.9 Å². The van der Waals surface area contributed by atoms with Crippen molar-refractivity contribution in [2.45, 2.75) is 33.2 Å². The minimum absolute atomic E-state index is 0.128. The molecule has 0 aliphatic rings. The molecule has 0 bridgehead atoms. The van der Waals surface area contributed by atoms with Crippen molar-refractivity contribution in [2.24, 2.45) is 5.92 Å². The van der Waals surface area contributed by atoms with Gasteiger partial charge in [-0.05, 0) is 11.8 Å². The molecular formula is C14H20N4O2. The minimum atomic E-state index is -0.233. The summed E-state index contributed by atoms with van der Waals surface area (Å²) in [6.07, 6.45) is 3.43. The summed E-state index contributed by atoms with van der Waals surface area (Å²) in [5, 5.41) is 5.44. The maximum atomic E-state index is 11.8. The van der Waals surface area contributed by atoms with Crippen molar-refractivity contribution >= 4 is 11.8 Å². The lowest BCUT2D eigenvalue weighted by Crippen LogP contribution is -2.39. The van der Waals surface area contributed by atoms with E-state index in [-0.39, 0.29) is 30.2 Å². The van der Waals surface area contributed by atoms with Gasteiger partial charge in [-0.3, -0.25) is 9.59 Å². The summed E-state index contributed by atoms with van der Waals surface area (Å²) in [5.41, 5.74) is 0.711. The molecule has 0 aliphatic carbocycles. The molecule has 1 atom stereocenters. The summed E-state index contributed by atoms with van der Waals surface area (Å²) in [5.74, 6) is 5.86. The zero-order valence-electron chi connectivity index (χ0n) is 12.0. The van der Waals surface area contributed by atoms with Gasteiger partial charge in [-0.2, -0.15) is 0 Å². The Morgan fingerprint density at radius 1 is 1.45 bits per heavy atom. The molecule has 3 N–H and O–H groups in total. The van der Waals surface area contributed by atoms with E-state index in [2.05, 4.69) is 32.4 Å². The first-order chi connectivity index (χ1) is 9.49. The Labute approximate surface area is 118 Å². The predicted octanol–water partition coefficient (Wildman–Crippen LogP) is 0.428. The molecule has 0 saturated carbocycles. The van der Waals surface area contributed by atoms with Crippen LogP contribution in [0.4, 0.5) is 0 Å². The van der Waals surface area contributed by atoms with E-state index in [0.717, 1.165) is 0 Å². The smallest absolute Gasteiger partial charge is 0.222 e. The standard InChI is InChI=1S/C14H20N4O2/c1-10(2)13(5-4-12-8-15-9-17-12)18-14(20)6-7-16-11(3)19/h8-10,13H,6-7H2,1-3H3,(H,15,17)(H,16,19)(H,18,20)/t13-/m0/s1. The molecule has 1 aromatic heterocycles. The van der Waals surface area contributed by atoms with Crippen LogP contribution in [-0.2, 0) is 9.59 Å². The van der Waals surface area contributed by atoms with Gasteiger partial charge in [0.15, 0.2) is 0 Å². The normalized spacial score (nSPS) is 11.4. The summed E-state index contributed by atoms with van der Waals surface area (Å²) < 4.78 is 0. The molecule has 1 aromatic rings. The molecule has 0 unspecified atom stereocenters. The van der Waals surface area contributed by atoms with E-state index >= 15 is 0 Å². The van der Waals surface area contributed by atoms with Gasteiger partial charge in [-0.1, -0.05) is 19.8 Å². The Morgan fingerprint density at radius 3 is 2.75 bits per heavy atom. The molecule has 0 fully saturated rings. The molecule has 1 rings (SSSR count). The molecule has 0 aliphatic heterocycles. The van der Waals surface area contributed by atoms with Crippen molar-refractivity contribution in [3.8, 4) is 11.8 Å². The number of hydrogen-bond donors (Lipinski definition) is 3. The van der Waals surface area contributed by atoms with Crippen molar-refractivity contribution in [1.29, 1.82) is 0 Å². The fourth-order valence-corrected chi connectivity index (χ4v) is 1.45. The summed E-state index contributed by atoms with van der Waals surface area (Å²) in [6.45, 7) is 5.73. The zero-order chi connectivity index (χ0) is 15.0. The molecule has 0 spiro atoms. The van der Waals surface area contributed by atoms with Gasteiger partial charge in [0.25, 0.3) is 0 Å². The largest absolute Gasteiger partial charge is 0.356 e. The lowest BCUT2D eigenvalue weighted by molar-refractivity contribution is -0.122. The highest BCUT2D eigenvalue weighted by Gasteiger charge is 2.13. The number of nitrogens with one attached hydrogen (secondary N) is 3. The second-order valence-corrected chi connectivity index (χ2v) is 4.76. The molecule has 0 radical (unpaired) electrons. The molecular weight excluding hydrogens is 256 g/mol. The van der Waals surface area contributed by atoms with Crippen LogP contribution in [0.25, 0.3) is 0 Å². The number of amides is 2. The van der Waals surface area contributed by atoms with Gasteiger partial charge in [0.1, 0.15) is 5.69 Å². The first-order valence-corrected chi connectivity index (χ1v) is 6.52. The number of rotatable bonds is 5. The first-order valence-electron chi connectivity index (χ1n) is 6.52. The first kappa shape index (κ1) is 15.8. The summed E-state index contributed by atoms with van der Waals surface area (Å²) >= 11 is 0. The Hall–Kier alpha value is -2.29. The van der Waals surface area contributed by atoms with Crippen molar-refractivity contribution in [3.63, 3.8) is 0 Å². The molecule has 1 heterocycles. The highest BCUT2D eigenvalue weighted by Crippen LogP contribution is 2.01. The fraction of sp³-hybridized carbons (Fsp3) is 0.500. The van der Waals surface area contributed by atoms with Crippen LogP contribution in [0.1, 0.15) is 32.9 Å². The Balaban J connectivity index is 2.50. The molecule has 20 heavy (non-hydrogen) atoms. The van der Waals surface area contributed by atoms with Gasteiger partial charge >= 0.3 is 0 Å². The van der Waals surface area contributed by atoms with Crippen molar-refractivity contribution < 1.29 is 9.59 Å². The van der Waals surface area contributed by atoms with Crippen molar-refractivity contribution in [3.05, 3.63) is 18.2 Å². The molecule has 6 nitrogen and oxygen atoms in total. The van der Waals surface area contributed by atoms with Crippen LogP contribution in [0.15, 0.2) is 12.5 Å². The van der Waals surface area contributed by atoms with Crippen LogP contribution in [0.2, 0.25) is 0 Å². The van der Waals surface area contributed by atoms with Gasteiger partial charge in [-0.15, -0.1) is 0 Å². The Bertz CT molecular complexity index is 497. The number of aromatic nitrogens is 2. The van der Waals surface area contributed by atoms with E-state index in [9.17, 15) is 9.59 Å². The summed E-state index contributed by atoms with van der Waals surface area (Å²) in [7, 11) is 0. The van der Waals surface area contributed by atoms with Crippen LogP contribution >= 0.6 is 0 Å². The number of carbonyl (C=O) groups is 2. The summed E-state index contributed by atoms with van der Waals surface area (Å²) in [4.78, 5) is 29.2. The Kier molecular flexibility index (Phi) is 6.30. The van der Waals surface area contributed by atoms with Crippen molar-refractivity contribution in [1.82, 2.24) is 20.6 Å². The number of hydrogen-bond acceptors (Lipinski definition) is 3. The average molecular weight is 276 g/mol. The predicted molar refractivity (Wildman–Crippen MR) is 75.5 cm³/mol. The number of carbonyl (C=O) groups excluding carboxylic acids is 2. The van der Waals surface area contributed by atoms with E-state index in [0.29, 0.717) is 12.2 Å². The van der Waals surface area contributed by atoms with E-state index in [4.69, 9.17) is 0 Å². The number of H-pyrrole nitrogens is 1. The second-order valence-electron chi connectivity index (χ2n) is 4.76. The highest BCUT2D eigenvalue weighted by atomic mass is 16.2. The fourth-order valence-electron chi connectivity index (χ4n) is 1.45. The third kappa shape index (κ3) is 6.05. The number of nitrogens with zero attached hydrogens (tertiary/aromatic N) is 1. The lowest BCUT2D eigenvalue weighted by Gasteiger charge is -2.16. The molecule has 0 saturated heterocycles. The quantitative estimate of drug-likeness (QED) is 0.682. The van der Waals surface area contributed by atoms with E-state index < -0.39 is 0 Å². The third-order valence-electron chi connectivity index (χ3n) is 2.57. The van der Waals surface area contributed by atoms with Gasteiger partial charge in [0.05, 0.1) is 18.6 Å². The zero-order valence-corrected chi connectivity index (χ0v) is 12.0. The van der Waals surface area contributed by atoms with Gasteiger partial charge in [0.2, 0.25) is 11.8 Å². The van der Waals surface area contributed by atoms with Crippen molar-refractivity contribution in [2.75, 3.05) is 6.54 Å². The van der Waals surface area contributed by atoms with Crippen LogP contribution in [0.5, 0.6) is 0 Å². The van der Waals surface area contributed by atoms with Crippen LogP contribution in [0.3, 0.4) is 0 Å². The highest BCUT2D eigenvalue weighted by molar-refractivity contribution is 5.78.